The maximum absolute atomic E-state index is 14.6. The summed E-state index contributed by atoms with van der Waals surface area (Å²) in [6.07, 6.45) is 2.36. The van der Waals surface area contributed by atoms with E-state index in [0.717, 1.165) is 0 Å². The number of rotatable bonds is 6. The van der Waals surface area contributed by atoms with E-state index in [4.69, 9.17) is 21.1 Å². The highest BCUT2D eigenvalue weighted by Gasteiger charge is 2.36. The molecule has 0 bridgehead atoms. The number of aromatic hydroxyl groups is 1. The SMILES string of the molecule is O=C(Nc1cc2c(Nc3ccc(F)c(Cl)c3)ncnc2cc1O)/C(F)=C/CN1CC2OCCOC2C1. The van der Waals surface area contributed by atoms with E-state index in [-0.39, 0.29) is 35.2 Å². The Kier molecular flexibility index (Phi) is 6.97. The summed E-state index contributed by atoms with van der Waals surface area (Å²) in [5, 5.41) is 16.1. The first-order valence-electron chi connectivity index (χ1n) is 11.2. The number of likely N-dealkylation sites (tertiary alicyclic amines) is 1. The van der Waals surface area contributed by atoms with Crippen molar-refractivity contribution in [1.29, 1.82) is 0 Å². The number of halogens is 3. The third-order valence-electron chi connectivity index (χ3n) is 5.97. The monoisotopic (exact) mass is 517 g/mol. The molecule has 0 radical (unpaired) electrons. The van der Waals surface area contributed by atoms with Crippen LogP contribution >= 0.6 is 11.6 Å². The van der Waals surface area contributed by atoms with Gasteiger partial charge in [0.2, 0.25) is 0 Å². The van der Waals surface area contributed by atoms with Crippen LogP contribution < -0.4 is 10.6 Å². The van der Waals surface area contributed by atoms with Gasteiger partial charge < -0.3 is 25.2 Å². The molecule has 2 saturated heterocycles. The van der Waals surface area contributed by atoms with Gasteiger partial charge in [-0.05, 0) is 30.3 Å². The van der Waals surface area contributed by atoms with Crippen molar-refractivity contribution < 1.29 is 28.2 Å². The maximum Gasteiger partial charge on any atom is 0.284 e. The van der Waals surface area contributed by atoms with Gasteiger partial charge in [0.05, 0.1) is 41.6 Å². The van der Waals surface area contributed by atoms with Gasteiger partial charge in [-0.1, -0.05) is 11.6 Å². The Balaban J connectivity index is 1.30. The van der Waals surface area contributed by atoms with Crippen LogP contribution in [0.1, 0.15) is 0 Å². The summed E-state index contributed by atoms with van der Waals surface area (Å²) in [6.45, 7) is 2.48. The Labute approximate surface area is 209 Å². The molecule has 0 aliphatic carbocycles. The number of aromatic nitrogens is 2. The van der Waals surface area contributed by atoms with Gasteiger partial charge in [-0.3, -0.25) is 9.69 Å². The molecule has 2 aliphatic heterocycles. The van der Waals surface area contributed by atoms with Crippen LogP contribution in [0.15, 0.2) is 48.6 Å². The third kappa shape index (κ3) is 5.24. The molecule has 12 heteroatoms. The fourth-order valence-corrected chi connectivity index (χ4v) is 4.35. The fraction of sp³-hybridized carbons (Fsp3) is 0.292. The van der Waals surface area contributed by atoms with Crippen LogP contribution in [-0.4, -0.2) is 70.9 Å². The number of hydrogen-bond donors (Lipinski definition) is 3. The summed E-state index contributed by atoms with van der Waals surface area (Å²) >= 11 is 5.85. The van der Waals surface area contributed by atoms with Gasteiger partial charge in [0.25, 0.3) is 5.91 Å². The number of carbonyl (C=O) groups excluding carboxylic acids is 1. The van der Waals surface area contributed by atoms with Gasteiger partial charge in [0.15, 0.2) is 5.83 Å². The predicted molar refractivity (Wildman–Crippen MR) is 130 cm³/mol. The largest absolute Gasteiger partial charge is 0.506 e. The minimum absolute atomic E-state index is 0.0277. The van der Waals surface area contributed by atoms with Crippen LogP contribution in [0.4, 0.5) is 26.0 Å². The van der Waals surface area contributed by atoms with E-state index in [0.29, 0.717) is 48.7 Å². The molecule has 3 heterocycles. The molecule has 188 valence electrons. The highest BCUT2D eigenvalue weighted by Crippen LogP contribution is 2.33. The second-order valence-electron chi connectivity index (χ2n) is 8.41. The van der Waals surface area contributed by atoms with Crippen LogP contribution in [0.5, 0.6) is 5.75 Å². The third-order valence-corrected chi connectivity index (χ3v) is 6.26. The Morgan fingerprint density at radius 1 is 1.19 bits per heavy atom. The Morgan fingerprint density at radius 2 is 1.94 bits per heavy atom. The van der Waals surface area contributed by atoms with Crippen molar-refractivity contribution in [1.82, 2.24) is 14.9 Å². The van der Waals surface area contributed by atoms with Crippen molar-refractivity contribution in [2.45, 2.75) is 12.2 Å². The zero-order valence-electron chi connectivity index (χ0n) is 18.9. The molecular formula is C24H22ClF2N5O4. The summed E-state index contributed by atoms with van der Waals surface area (Å²) in [5.74, 6) is -2.55. The number of amides is 1. The van der Waals surface area contributed by atoms with Gasteiger partial charge in [-0.2, -0.15) is 0 Å². The second kappa shape index (κ2) is 10.3. The van der Waals surface area contributed by atoms with Crippen LogP contribution in [0, 0.1) is 5.82 Å². The van der Waals surface area contributed by atoms with Gasteiger partial charge in [0.1, 0.15) is 23.7 Å². The normalized spacial score (nSPS) is 20.4. The first kappa shape index (κ1) is 24.3. The van der Waals surface area contributed by atoms with Crippen LogP contribution in [0.25, 0.3) is 10.9 Å². The van der Waals surface area contributed by atoms with E-state index in [2.05, 4.69) is 20.6 Å². The predicted octanol–water partition coefficient (Wildman–Crippen LogP) is 3.76. The first-order chi connectivity index (χ1) is 17.4. The number of fused-ring (bicyclic) bond motifs is 2. The van der Waals surface area contributed by atoms with E-state index in [1.54, 1.807) is 0 Å². The molecule has 2 aliphatic rings. The second-order valence-corrected chi connectivity index (χ2v) is 8.81. The van der Waals surface area contributed by atoms with Gasteiger partial charge in [-0.15, -0.1) is 0 Å². The zero-order chi connectivity index (χ0) is 25.2. The Bertz CT molecular complexity index is 1330. The molecule has 2 aromatic carbocycles. The molecule has 3 N–H and O–H groups in total. The number of phenolic OH excluding ortho intramolecular Hbond substituents is 1. The highest BCUT2D eigenvalue weighted by atomic mass is 35.5. The quantitative estimate of drug-likeness (QED) is 0.335. The van der Waals surface area contributed by atoms with E-state index in [1.165, 1.54) is 42.7 Å². The summed E-state index contributed by atoms with van der Waals surface area (Å²) in [7, 11) is 0. The number of phenols is 1. The van der Waals surface area contributed by atoms with Crippen LogP contribution in [0.3, 0.4) is 0 Å². The number of nitrogens with zero attached hydrogens (tertiary/aromatic N) is 3. The number of benzene rings is 2. The van der Waals surface area contributed by atoms with Crippen molar-refractivity contribution in [2.24, 2.45) is 0 Å². The number of anilines is 3. The lowest BCUT2D eigenvalue weighted by Crippen LogP contribution is -2.36. The van der Waals surface area contributed by atoms with Gasteiger partial charge >= 0.3 is 0 Å². The van der Waals surface area contributed by atoms with E-state index < -0.39 is 17.6 Å². The average molecular weight is 518 g/mol. The topological polar surface area (TPSA) is 109 Å². The Hall–Kier alpha value is -3.38. The summed E-state index contributed by atoms with van der Waals surface area (Å²) in [6, 6.07) is 6.82. The molecule has 5 rings (SSSR count). The first-order valence-corrected chi connectivity index (χ1v) is 11.6. The number of ether oxygens (including phenoxy) is 2. The number of hydrogen-bond acceptors (Lipinski definition) is 8. The number of nitrogens with one attached hydrogen (secondary N) is 2. The molecule has 1 aromatic heterocycles. The van der Waals surface area contributed by atoms with Crippen LogP contribution in [-0.2, 0) is 14.3 Å². The zero-order valence-corrected chi connectivity index (χ0v) is 19.6. The molecular weight excluding hydrogens is 496 g/mol. The maximum atomic E-state index is 14.6. The van der Waals surface area contributed by atoms with Crippen molar-refractivity contribution in [3.05, 3.63) is 59.4 Å². The lowest BCUT2D eigenvalue weighted by molar-refractivity contribution is -0.116. The minimum atomic E-state index is -1.01. The molecule has 2 unspecified atom stereocenters. The molecule has 0 spiro atoms. The highest BCUT2D eigenvalue weighted by molar-refractivity contribution is 6.31. The standard InChI is InChI=1S/C24H22ClF2N5O4/c25-15-7-13(1-2-16(15)26)30-23-14-8-19(20(33)9-18(14)28-12-29-23)31-24(34)17(27)3-4-32-10-21-22(11-32)36-6-5-35-21/h1-3,7-9,12,21-22,33H,4-6,10-11H2,(H,31,34)(H,28,29,30)/b17-3-. The van der Waals surface area contributed by atoms with Crippen molar-refractivity contribution in [3.8, 4) is 5.75 Å². The summed E-state index contributed by atoms with van der Waals surface area (Å²) in [5.41, 5.74) is 0.804. The molecule has 2 atom stereocenters. The molecule has 2 fully saturated rings. The summed E-state index contributed by atoms with van der Waals surface area (Å²) in [4.78, 5) is 22.7. The van der Waals surface area contributed by atoms with Crippen molar-refractivity contribution >= 4 is 45.6 Å². The van der Waals surface area contributed by atoms with E-state index >= 15 is 0 Å². The van der Waals surface area contributed by atoms with Crippen LogP contribution in [0.2, 0.25) is 5.02 Å². The molecule has 0 saturated carbocycles. The fourth-order valence-electron chi connectivity index (χ4n) is 4.17. The summed E-state index contributed by atoms with van der Waals surface area (Å²) < 4.78 is 39.4. The lowest BCUT2D eigenvalue weighted by Gasteiger charge is -2.24. The van der Waals surface area contributed by atoms with Crippen molar-refractivity contribution in [2.75, 3.05) is 43.5 Å². The van der Waals surface area contributed by atoms with E-state index in [9.17, 15) is 18.7 Å². The Morgan fingerprint density at radius 3 is 2.67 bits per heavy atom. The van der Waals surface area contributed by atoms with E-state index in [1.807, 2.05) is 4.90 Å². The molecule has 1 amide bonds. The smallest absolute Gasteiger partial charge is 0.284 e. The lowest BCUT2D eigenvalue weighted by atomic mass is 10.2. The number of carbonyl (C=O) groups is 1. The van der Waals surface area contributed by atoms with Crippen molar-refractivity contribution in [3.63, 3.8) is 0 Å². The van der Waals surface area contributed by atoms with Gasteiger partial charge in [-0.25, -0.2) is 18.7 Å². The average Bonchev–Trinajstić information content (AvgIpc) is 3.28. The minimum Gasteiger partial charge on any atom is -0.506 e. The molecule has 36 heavy (non-hydrogen) atoms. The molecule has 9 nitrogen and oxygen atoms in total. The van der Waals surface area contributed by atoms with Gasteiger partial charge in [0, 0.05) is 36.8 Å². The molecule has 3 aromatic rings.